The highest BCUT2D eigenvalue weighted by Crippen LogP contribution is 2.32. The van der Waals surface area contributed by atoms with Crippen LogP contribution in [0.15, 0.2) is 40.6 Å². The Morgan fingerprint density at radius 2 is 2.16 bits per heavy atom. The first-order chi connectivity index (χ1) is 11.9. The molecule has 1 amide bonds. The third-order valence-corrected chi connectivity index (χ3v) is 6.76. The maximum atomic E-state index is 12.5. The highest BCUT2D eigenvalue weighted by Gasteiger charge is 2.29. The summed E-state index contributed by atoms with van der Waals surface area (Å²) in [4.78, 5) is 15.4. The number of hydrogen-bond acceptors (Lipinski definition) is 5. The van der Waals surface area contributed by atoms with Crippen LogP contribution in [-0.2, 0) is 21.2 Å². The van der Waals surface area contributed by atoms with Gasteiger partial charge in [0.1, 0.15) is 6.07 Å². The number of sulfonamides is 1. The molecular formula is C17H17N3O3S2. The molecule has 0 unspecified atom stereocenters. The average Bonchev–Trinajstić information content (AvgIpc) is 3.09. The zero-order valence-electron chi connectivity index (χ0n) is 13.6. The Hall–Kier alpha value is -2.21. The first-order valence-electron chi connectivity index (χ1n) is 7.78. The predicted molar refractivity (Wildman–Crippen MR) is 94.5 cm³/mol. The van der Waals surface area contributed by atoms with Gasteiger partial charge in [0.2, 0.25) is 15.9 Å². The van der Waals surface area contributed by atoms with E-state index in [0.717, 1.165) is 12.0 Å². The third-order valence-electron chi connectivity index (χ3n) is 4.31. The van der Waals surface area contributed by atoms with Crippen molar-refractivity contribution in [3.63, 3.8) is 0 Å². The van der Waals surface area contributed by atoms with Crippen LogP contribution >= 0.6 is 11.3 Å². The second kappa shape index (κ2) is 6.96. The first-order valence-corrected chi connectivity index (χ1v) is 10.1. The SMILES string of the molecule is C[C@H]1c2ccsc2CCN1C(=O)CNS(=O)(=O)c1ccccc1C#N. The first kappa shape index (κ1) is 17.6. The molecular weight excluding hydrogens is 358 g/mol. The summed E-state index contributed by atoms with van der Waals surface area (Å²) in [6.45, 7) is 2.19. The molecule has 1 N–H and O–H groups in total. The normalized spacial score (nSPS) is 17.0. The lowest BCUT2D eigenvalue weighted by atomic mass is 10.0. The Morgan fingerprint density at radius 1 is 1.40 bits per heavy atom. The molecule has 3 rings (SSSR count). The minimum Gasteiger partial charge on any atom is -0.334 e. The topological polar surface area (TPSA) is 90.3 Å². The summed E-state index contributed by atoms with van der Waals surface area (Å²) >= 11 is 1.68. The monoisotopic (exact) mass is 375 g/mol. The molecule has 1 aliphatic rings. The third kappa shape index (κ3) is 3.44. The predicted octanol–water partition coefficient (Wildman–Crippen LogP) is 2.04. The minimum atomic E-state index is -3.92. The fourth-order valence-electron chi connectivity index (χ4n) is 2.98. The molecule has 25 heavy (non-hydrogen) atoms. The van der Waals surface area contributed by atoms with E-state index in [9.17, 15) is 13.2 Å². The van der Waals surface area contributed by atoms with Crippen molar-refractivity contribution in [3.8, 4) is 6.07 Å². The number of rotatable bonds is 4. The van der Waals surface area contributed by atoms with Crippen molar-refractivity contribution in [2.45, 2.75) is 24.3 Å². The van der Waals surface area contributed by atoms with E-state index < -0.39 is 10.0 Å². The Balaban J connectivity index is 1.71. The van der Waals surface area contributed by atoms with Gasteiger partial charge >= 0.3 is 0 Å². The maximum absolute atomic E-state index is 12.5. The van der Waals surface area contributed by atoms with Crippen LogP contribution in [0.5, 0.6) is 0 Å². The second-order valence-electron chi connectivity index (χ2n) is 5.74. The maximum Gasteiger partial charge on any atom is 0.242 e. The van der Waals surface area contributed by atoms with Crippen LogP contribution in [0.3, 0.4) is 0 Å². The standard InChI is InChI=1S/C17H17N3O3S2/c1-12-14-7-9-24-15(14)6-8-20(12)17(21)11-19-25(22,23)16-5-3-2-4-13(16)10-18/h2-5,7,9,12,19H,6,8,11H2,1H3/t12-/m0/s1. The molecule has 1 aromatic heterocycles. The van der Waals surface area contributed by atoms with E-state index in [1.165, 1.54) is 17.0 Å². The molecule has 0 radical (unpaired) electrons. The summed E-state index contributed by atoms with van der Waals surface area (Å²) in [6, 6.07) is 9.72. The van der Waals surface area contributed by atoms with Gasteiger partial charge in [0.25, 0.3) is 0 Å². The molecule has 130 valence electrons. The van der Waals surface area contributed by atoms with Crippen molar-refractivity contribution in [2.75, 3.05) is 13.1 Å². The van der Waals surface area contributed by atoms with E-state index in [2.05, 4.69) is 4.72 Å². The number of thiophene rings is 1. The minimum absolute atomic E-state index is 0.0525. The lowest BCUT2D eigenvalue weighted by Gasteiger charge is -2.33. The molecule has 0 spiro atoms. The molecule has 8 heteroatoms. The largest absolute Gasteiger partial charge is 0.334 e. The molecule has 6 nitrogen and oxygen atoms in total. The lowest BCUT2D eigenvalue weighted by Crippen LogP contribution is -2.44. The fraction of sp³-hybridized carbons (Fsp3) is 0.294. The number of carbonyl (C=O) groups excluding carboxylic acids is 1. The average molecular weight is 375 g/mol. The Morgan fingerprint density at radius 3 is 2.92 bits per heavy atom. The number of benzene rings is 1. The van der Waals surface area contributed by atoms with Crippen molar-refractivity contribution < 1.29 is 13.2 Å². The molecule has 0 fully saturated rings. The van der Waals surface area contributed by atoms with Gasteiger partial charge in [-0.05, 0) is 42.5 Å². The zero-order valence-corrected chi connectivity index (χ0v) is 15.2. The molecule has 1 aliphatic heterocycles. The van der Waals surface area contributed by atoms with Gasteiger partial charge in [-0.3, -0.25) is 4.79 Å². The van der Waals surface area contributed by atoms with Gasteiger partial charge in [-0.2, -0.15) is 5.26 Å². The molecule has 2 heterocycles. The van der Waals surface area contributed by atoms with Crippen LogP contribution in [0.25, 0.3) is 0 Å². The van der Waals surface area contributed by atoms with Crippen molar-refractivity contribution in [3.05, 3.63) is 51.7 Å². The zero-order chi connectivity index (χ0) is 18.0. The van der Waals surface area contributed by atoms with Crippen LogP contribution in [-0.4, -0.2) is 32.3 Å². The second-order valence-corrected chi connectivity index (χ2v) is 8.48. The summed E-state index contributed by atoms with van der Waals surface area (Å²) in [6.07, 6.45) is 0.785. The molecule has 2 aromatic rings. The van der Waals surface area contributed by atoms with Crippen LogP contribution in [0.4, 0.5) is 0 Å². The summed E-state index contributed by atoms with van der Waals surface area (Å²) < 4.78 is 27.1. The smallest absolute Gasteiger partial charge is 0.242 e. The summed E-state index contributed by atoms with van der Waals surface area (Å²) in [5.74, 6) is -0.276. The van der Waals surface area contributed by atoms with E-state index in [-0.39, 0.29) is 29.0 Å². The van der Waals surface area contributed by atoms with Gasteiger partial charge in [0.05, 0.1) is 23.0 Å². The number of hydrogen-bond donors (Lipinski definition) is 1. The van der Waals surface area contributed by atoms with Crippen molar-refractivity contribution in [1.29, 1.82) is 5.26 Å². The van der Waals surface area contributed by atoms with E-state index in [1.54, 1.807) is 28.4 Å². The molecule has 0 saturated heterocycles. The van der Waals surface area contributed by atoms with Gasteiger partial charge in [0, 0.05) is 11.4 Å². The van der Waals surface area contributed by atoms with Crippen molar-refractivity contribution in [2.24, 2.45) is 0 Å². The highest BCUT2D eigenvalue weighted by molar-refractivity contribution is 7.89. The summed E-state index contributed by atoms with van der Waals surface area (Å²) in [5.41, 5.74) is 1.18. The lowest BCUT2D eigenvalue weighted by molar-refractivity contribution is -0.132. The number of carbonyl (C=O) groups is 1. The van der Waals surface area contributed by atoms with Gasteiger partial charge < -0.3 is 4.90 Å². The van der Waals surface area contributed by atoms with Gasteiger partial charge in [-0.15, -0.1) is 11.3 Å². The van der Waals surface area contributed by atoms with Crippen LogP contribution in [0, 0.1) is 11.3 Å². The Bertz CT molecular complexity index is 944. The van der Waals surface area contributed by atoms with E-state index in [1.807, 2.05) is 24.4 Å². The Labute approximate surface area is 150 Å². The number of nitrogens with one attached hydrogen (secondary N) is 1. The van der Waals surface area contributed by atoms with Crippen LogP contribution < -0.4 is 4.72 Å². The highest BCUT2D eigenvalue weighted by atomic mass is 32.2. The number of amides is 1. The van der Waals surface area contributed by atoms with Gasteiger partial charge in [-0.25, -0.2) is 13.1 Å². The van der Waals surface area contributed by atoms with E-state index in [4.69, 9.17) is 5.26 Å². The molecule has 0 bridgehead atoms. The summed E-state index contributed by atoms with van der Waals surface area (Å²) in [5, 5.41) is 11.1. The van der Waals surface area contributed by atoms with Crippen LogP contribution in [0.1, 0.15) is 29.0 Å². The molecule has 1 atom stereocenters. The van der Waals surface area contributed by atoms with Crippen molar-refractivity contribution in [1.82, 2.24) is 9.62 Å². The van der Waals surface area contributed by atoms with Gasteiger partial charge in [0.15, 0.2) is 0 Å². The summed E-state index contributed by atoms with van der Waals surface area (Å²) in [7, 11) is -3.92. The van der Waals surface area contributed by atoms with Gasteiger partial charge in [-0.1, -0.05) is 12.1 Å². The number of nitrogens with zero attached hydrogens (tertiary/aromatic N) is 2. The number of nitriles is 1. The fourth-order valence-corrected chi connectivity index (χ4v) is 5.07. The Kier molecular flexibility index (Phi) is 4.90. The van der Waals surface area contributed by atoms with Crippen LogP contribution in [0.2, 0.25) is 0 Å². The van der Waals surface area contributed by atoms with E-state index >= 15 is 0 Å². The number of fused-ring (bicyclic) bond motifs is 1. The quantitative estimate of drug-likeness (QED) is 0.885. The molecule has 0 saturated carbocycles. The molecule has 1 aromatic carbocycles. The van der Waals surface area contributed by atoms with E-state index in [0.29, 0.717) is 6.54 Å². The van der Waals surface area contributed by atoms with Crippen molar-refractivity contribution >= 4 is 27.3 Å². The molecule has 0 aliphatic carbocycles.